The number of aromatic nitrogens is 1. The fourth-order valence-corrected chi connectivity index (χ4v) is 4.04. The summed E-state index contributed by atoms with van der Waals surface area (Å²) in [7, 11) is 1.62. The van der Waals surface area contributed by atoms with Crippen molar-refractivity contribution in [2.45, 2.75) is 13.0 Å². The number of carbonyl (C=O) groups is 1. The second-order valence-electron chi connectivity index (χ2n) is 7.41. The Kier molecular flexibility index (Phi) is 7.49. The average Bonchev–Trinajstić information content (AvgIpc) is 3.35. The normalized spacial score (nSPS) is 10.7. The van der Waals surface area contributed by atoms with E-state index < -0.39 is 11.6 Å². The van der Waals surface area contributed by atoms with Crippen molar-refractivity contribution < 1.29 is 23.0 Å². The summed E-state index contributed by atoms with van der Waals surface area (Å²) >= 11 is 1.36. The van der Waals surface area contributed by atoms with Crippen molar-refractivity contribution in [1.82, 2.24) is 10.3 Å². The molecule has 34 heavy (non-hydrogen) atoms. The number of rotatable bonds is 9. The van der Waals surface area contributed by atoms with Crippen molar-refractivity contribution in [3.05, 3.63) is 101 Å². The highest BCUT2D eigenvalue weighted by Crippen LogP contribution is 2.26. The lowest BCUT2D eigenvalue weighted by Gasteiger charge is -2.08. The summed E-state index contributed by atoms with van der Waals surface area (Å²) in [5, 5.41) is 5.28. The van der Waals surface area contributed by atoms with Crippen LogP contribution in [-0.2, 0) is 13.0 Å². The third-order valence-electron chi connectivity index (χ3n) is 5.14. The summed E-state index contributed by atoms with van der Waals surface area (Å²) < 4.78 is 38.1. The van der Waals surface area contributed by atoms with Crippen LogP contribution in [0.25, 0.3) is 10.6 Å². The van der Waals surface area contributed by atoms with Gasteiger partial charge in [0.1, 0.15) is 40.4 Å². The van der Waals surface area contributed by atoms with Gasteiger partial charge in [-0.25, -0.2) is 13.8 Å². The van der Waals surface area contributed by atoms with E-state index in [0.29, 0.717) is 29.4 Å². The van der Waals surface area contributed by atoms with Gasteiger partial charge < -0.3 is 14.8 Å². The van der Waals surface area contributed by atoms with E-state index >= 15 is 0 Å². The number of benzene rings is 3. The quantitative estimate of drug-likeness (QED) is 0.336. The van der Waals surface area contributed by atoms with Crippen LogP contribution in [0.1, 0.15) is 21.6 Å². The first-order valence-corrected chi connectivity index (χ1v) is 11.4. The number of methoxy groups -OCH3 is 1. The van der Waals surface area contributed by atoms with E-state index in [-0.39, 0.29) is 18.1 Å². The highest BCUT2D eigenvalue weighted by molar-refractivity contribution is 7.13. The molecule has 1 heterocycles. The Morgan fingerprint density at radius 3 is 2.32 bits per heavy atom. The summed E-state index contributed by atoms with van der Waals surface area (Å²) in [5.74, 6) is -0.257. The van der Waals surface area contributed by atoms with Crippen LogP contribution in [0, 0.1) is 11.6 Å². The van der Waals surface area contributed by atoms with Gasteiger partial charge in [-0.05, 0) is 60.5 Å². The number of hydrogen-bond donors (Lipinski definition) is 1. The molecule has 8 heteroatoms. The Balaban J connectivity index is 1.30. The SMILES string of the molecule is COc1ccc(CCNC(=O)c2csc(-c3ccc(OCc4c(F)cccc4F)cc3)n2)cc1. The molecule has 0 aliphatic heterocycles. The van der Waals surface area contributed by atoms with Crippen molar-refractivity contribution in [1.29, 1.82) is 0 Å². The molecule has 0 spiro atoms. The van der Waals surface area contributed by atoms with E-state index in [0.717, 1.165) is 16.9 Å². The van der Waals surface area contributed by atoms with E-state index in [1.54, 1.807) is 36.8 Å². The first kappa shape index (κ1) is 23.4. The van der Waals surface area contributed by atoms with Gasteiger partial charge in [-0.3, -0.25) is 4.79 Å². The predicted molar refractivity (Wildman–Crippen MR) is 127 cm³/mol. The van der Waals surface area contributed by atoms with Gasteiger partial charge in [0.25, 0.3) is 5.91 Å². The summed E-state index contributed by atoms with van der Waals surface area (Å²) in [4.78, 5) is 16.9. The molecule has 0 bridgehead atoms. The summed E-state index contributed by atoms with van der Waals surface area (Å²) in [5.41, 5.74) is 2.14. The molecule has 1 N–H and O–H groups in total. The van der Waals surface area contributed by atoms with Crippen LogP contribution in [0.15, 0.2) is 72.1 Å². The zero-order chi connectivity index (χ0) is 23.9. The number of amides is 1. The Hall–Kier alpha value is -3.78. The largest absolute Gasteiger partial charge is 0.497 e. The summed E-state index contributed by atoms with van der Waals surface area (Å²) in [6, 6.07) is 18.4. The van der Waals surface area contributed by atoms with Crippen LogP contribution in [0.3, 0.4) is 0 Å². The van der Waals surface area contributed by atoms with E-state index in [9.17, 15) is 13.6 Å². The number of carbonyl (C=O) groups excluding carboxylic acids is 1. The van der Waals surface area contributed by atoms with Crippen LogP contribution in [0.5, 0.6) is 11.5 Å². The van der Waals surface area contributed by atoms with Crippen LogP contribution < -0.4 is 14.8 Å². The number of ether oxygens (including phenoxy) is 2. The number of thiazole rings is 1. The minimum Gasteiger partial charge on any atom is -0.497 e. The van der Waals surface area contributed by atoms with Crippen molar-refractivity contribution >= 4 is 17.2 Å². The molecule has 0 saturated carbocycles. The Labute approximate surface area is 200 Å². The van der Waals surface area contributed by atoms with Crippen LogP contribution in [0.4, 0.5) is 8.78 Å². The maximum Gasteiger partial charge on any atom is 0.270 e. The van der Waals surface area contributed by atoms with E-state index in [1.807, 2.05) is 24.3 Å². The molecule has 5 nitrogen and oxygen atoms in total. The molecule has 1 amide bonds. The minimum absolute atomic E-state index is 0.117. The number of hydrogen-bond acceptors (Lipinski definition) is 5. The van der Waals surface area contributed by atoms with Gasteiger partial charge in [0.2, 0.25) is 0 Å². The zero-order valence-corrected chi connectivity index (χ0v) is 19.2. The fourth-order valence-electron chi connectivity index (χ4n) is 3.23. The molecule has 174 valence electrons. The minimum atomic E-state index is -0.644. The van der Waals surface area contributed by atoms with Gasteiger partial charge in [-0.2, -0.15) is 0 Å². The molecular weight excluding hydrogens is 458 g/mol. The number of nitrogens with zero attached hydrogens (tertiary/aromatic N) is 1. The second-order valence-corrected chi connectivity index (χ2v) is 8.26. The lowest BCUT2D eigenvalue weighted by Crippen LogP contribution is -2.25. The Bertz CT molecular complexity index is 1240. The number of nitrogens with one attached hydrogen (secondary N) is 1. The van der Waals surface area contributed by atoms with E-state index in [4.69, 9.17) is 9.47 Å². The van der Waals surface area contributed by atoms with E-state index in [2.05, 4.69) is 10.3 Å². The third-order valence-corrected chi connectivity index (χ3v) is 6.03. The molecule has 0 fully saturated rings. The van der Waals surface area contributed by atoms with Crippen LogP contribution >= 0.6 is 11.3 Å². The molecule has 0 aliphatic carbocycles. The molecule has 0 atom stereocenters. The van der Waals surface area contributed by atoms with E-state index in [1.165, 1.54) is 29.5 Å². The average molecular weight is 481 g/mol. The second kappa shape index (κ2) is 10.9. The molecule has 0 radical (unpaired) electrons. The monoisotopic (exact) mass is 480 g/mol. The maximum absolute atomic E-state index is 13.7. The molecule has 0 aliphatic rings. The van der Waals surface area contributed by atoms with Crippen molar-refractivity contribution in [3.63, 3.8) is 0 Å². The summed E-state index contributed by atoms with van der Waals surface area (Å²) in [6.45, 7) is 0.280. The fraction of sp³-hybridized carbons (Fsp3) is 0.154. The van der Waals surface area contributed by atoms with Crippen LogP contribution in [0.2, 0.25) is 0 Å². The third kappa shape index (κ3) is 5.77. The van der Waals surface area contributed by atoms with Gasteiger partial charge >= 0.3 is 0 Å². The number of halogens is 2. The highest BCUT2D eigenvalue weighted by atomic mass is 32.1. The Morgan fingerprint density at radius 1 is 0.971 bits per heavy atom. The highest BCUT2D eigenvalue weighted by Gasteiger charge is 2.13. The van der Waals surface area contributed by atoms with Crippen molar-refractivity contribution in [2.24, 2.45) is 0 Å². The van der Waals surface area contributed by atoms with Gasteiger partial charge in [0.15, 0.2) is 0 Å². The lowest BCUT2D eigenvalue weighted by molar-refractivity contribution is 0.0950. The van der Waals surface area contributed by atoms with Gasteiger partial charge in [-0.15, -0.1) is 11.3 Å². The first-order chi connectivity index (χ1) is 16.5. The standard InChI is InChI=1S/C26H22F2N2O3S/c1-32-19-9-5-17(6-10-19)13-14-29-25(31)24-16-34-26(30-24)18-7-11-20(12-8-18)33-15-21-22(27)3-2-4-23(21)28/h2-12,16H,13-15H2,1H3,(H,29,31). The molecule has 0 unspecified atom stereocenters. The van der Waals surface area contributed by atoms with Crippen molar-refractivity contribution in [3.8, 4) is 22.1 Å². The molecule has 0 saturated heterocycles. The molecule has 4 rings (SSSR count). The van der Waals surface area contributed by atoms with Crippen molar-refractivity contribution in [2.75, 3.05) is 13.7 Å². The topological polar surface area (TPSA) is 60.5 Å². The zero-order valence-electron chi connectivity index (χ0n) is 18.4. The van der Waals surface area contributed by atoms with Gasteiger partial charge in [-0.1, -0.05) is 18.2 Å². The maximum atomic E-state index is 13.7. The van der Waals surface area contributed by atoms with Gasteiger partial charge in [0.05, 0.1) is 12.7 Å². The molecule has 1 aromatic heterocycles. The first-order valence-electron chi connectivity index (χ1n) is 10.6. The lowest BCUT2D eigenvalue weighted by atomic mass is 10.1. The molecule has 4 aromatic rings. The summed E-state index contributed by atoms with van der Waals surface area (Å²) in [6.07, 6.45) is 0.699. The molecule has 3 aromatic carbocycles. The van der Waals surface area contributed by atoms with Crippen LogP contribution in [-0.4, -0.2) is 24.5 Å². The Morgan fingerprint density at radius 2 is 1.65 bits per heavy atom. The molecular formula is C26H22F2N2O3S. The predicted octanol–water partition coefficient (Wildman–Crippen LogP) is 5.65. The smallest absolute Gasteiger partial charge is 0.270 e. The van der Waals surface area contributed by atoms with Gasteiger partial charge in [0, 0.05) is 17.5 Å².